The summed E-state index contributed by atoms with van der Waals surface area (Å²) in [7, 11) is 0. The number of hydrogen-bond acceptors (Lipinski definition) is 0. The minimum Gasteiger partial charge on any atom is -0.0683 e. The van der Waals surface area contributed by atoms with Crippen LogP contribution in [0.4, 0.5) is 0 Å². The quantitative estimate of drug-likeness (QED) is 0.114. The van der Waals surface area contributed by atoms with E-state index in [1.165, 1.54) is 156 Å². The molecule has 0 aromatic heterocycles. The van der Waals surface area contributed by atoms with Gasteiger partial charge in [0.05, 0.1) is 0 Å². The van der Waals surface area contributed by atoms with Crippen LogP contribution in [0, 0.1) is 27.7 Å². The van der Waals surface area contributed by atoms with Gasteiger partial charge in [-0.15, -0.1) is 0 Å². The van der Waals surface area contributed by atoms with Crippen LogP contribution >= 0.6 is 0 Å². The highest BCUT2D eigenvalue weighted by molar-refractivity contribution is 5.88. The highest BCUT2D eigenvalue weighted by Gasteiger charge is 2.13. The van der Waals surface area contributed by atoms with Crippen LogP contribution in [-0.4, -0.2) is 0 Å². The first-order valence-corrected chi connectivity index (χ1v) is 50.5. The van der Waals surface area contributed by atoms with Gasteiger partial charge in [-0.3, -0.25) is 0 Å². The summed E-state index contributed by atoms with van der Waals surface area (Å²) in [5.41, 5.74) is 35.4. The zero-order chi connectivity index (χ0) is 100. The van der Waals surface area contributed by atoms with Crippen LogP contribution < -0.4 is 0 Å². The van der Waals surface area contributed by atoms with Gasteiger partial charge in [-0.25, -0.2) is 0 Å². The van der Waals surface area contributed by atoms with Crippen molar-refractivity contribution in [2.24, 2.45) is 0 Å². The zero-order valence-electron chi connectivity index (χ0n) is 89.3. The first kappa shape index (κ1) is 126. The van der Waals surface area contributed by atoms with Gasteiger partial charge in [0.25, 0.3) is 0 Å². The number of benzene rings is 16. The van der Waals surface area contributed by atoms with Crippen LogP contribution in [0.25, 0.3) is 134 Å². The first-order chi connectivity index (χ1) is 65.3. The van der Waals surface area contributed by atoms with E-state index in [2.05, 4.69) is 440 Å². The summed E-state index contributed by atoms with van der Waals surface area (Å²) in [6.45, 7) is 72.6. The molecule has 0 unspecified atom stereocenters. The molecule has 0 aliphatic rings. The molecule has 132 heavy (non-hydrogen) atoms. The second-order valence-corrected chi connectivity index (χ2v) is 25.4. The van der Waals surface area contributed by atoms with Crippen molar-refractivity contribution in [2.75, 3.05) is 0 Å². The summed E-state index contributed by atoms with van der Waals surface area (Å²) in [6, 6.07) is 147. The van der Waals surface area contributed by atoms with Gasteiger partial charge in [-0.2, -0.15) is 0 Å². The normalized spacial score (nSPS) is 8.76. The van der Waals surface area contributed by atoms with Crippen LogP contribution in [-0.2, 0) is 0 Å². The van der Waals surface area contributed by atoms with E-state index in [1.807, 2.05) is 222 Å². The molecule has 0 N–H and O–H groups in total. The molecule has 0 heteroatoms. The Hall–Kier alpha value is -12.5. The van der Waals surface area contributed by atoms with Crippen molar-refractivity contribution in [2.45, 2.75) is 249 Å². The lowest BCUT2D eigenvalue weighted by atomic mass is 9.91. The third-order valence-corrected chi connectivity index (χ3v) is 18.5. The van der Waals surface area contributed by atoms with Crippen LogP contribution in [0.3, 0.4) is 0 Å². The second kappa shape index (κ2) is 84.1. The minimum absolute atomic E-state index is 1.25. The summed E-state index contributed by atoms with van der Waals surface area (Å²) in [6.07, 6.45) is 0. The van der Waals surface area contributed by atoms with Gasteiger partial charge in [0.15, 0.2) is 0 Å². The third kappa shape index (κ3) is 43.0. The van der Waals surface area contributed by atoms with Crippen LogP contribution in [0.1, 0.15) is 244 Å². The van der Waals surface area contributed by atoms with Crippen molar-refractivity contribution in [1.29, 1.82) is 0 Å². The van der Waals surface area contributed by atoms with Crippen molar-refractivity contribution in [3.05, 3.63) is 435 Å². The molecule has 0 radical (unpaired) electrons. The van der Waals surface area contributed by atoms with E-state index in [1.54, 1.807) is 0 Å². The Kier molecular flexibility index (Phi) is 80.1. The largest absolute Gasteiger partial charge is 0.0683 e. The van der Waals surface area contributed by atoms with Crippen molar-refractivity contribution >= 4 is 0 Å². The van der Waals surface area contributed by atoms with E-state index in [9.17, 15) is 0 Å². The molecule has 0 heterocycles. The van der Waals surface area contributed by atoms with E-state index in [-0.39, 0.29) is 0 Å². The molecule has 0 fully saturated rings. The summed E-state index contributed by atoms with van der Waals surface area (Å²) in [5, 5.41) is 0. The van der Waals surface area contributed by atoms with E-state index in [4.69, 9.17) is 0 Å². The third-order valence-electron chi connectivity index (χ3n) is 18.5. The summed E-state index contributed by atoms with van der Waals surface area (Å²) < 4.78 is 0. The highest BCUT2D eigenvalue weighted by Crippen LogP contribution is 2.39. The fourth-order valence-corrected chi connectivity index (χ4v) is 13.0. The molecule has 0 nitrogen and oxygen atoms in total. The molecule has 16 aromatic carbocycles. The van der Waals surface area contributed by atoms with Gasteiger partial charge in [0.2, 0.25) is 0 Å². The van der Waals surface area contributed by atoms with Crippen molar-refractivity contribution in [1.82, 2.24) is 0 Å². The number of hydrogen-bond donors (Lipinski definition) is 0. The standard InChI is InChI=1S/4C25H20.16C2H6/c1-19-9-5-6-12-23(19)25-14-8-7-13-24(25)22-17-15-21(16-18-22)20-10-3-2-4-11-20;1-19-8-7-11-23(18-19)25-13-6-5-12-24(25)22-16-14-21(15-17-22)20-9-3-2-4-10-20;1-19-8-5-6-13-25(19)24-12-7-11-23(18-24)22-16-14-21(15-17-22)20-9-3-2-4-10-20;1-19-11-13-22(14-12-19)24-9-5-6-10-25(24)23-17-15-21(16-18-23)20-7-3-2-4-8-20;16*1-2/h4*2-18H,1H3;16*1-2H3. The van der Waals surface area contributed by atoms with E-state index >= 15 is 0 Å². The maximum absolute atomic E-state index is 2.28. The maximum atomic E-state index is 2.28. The van der Waals surface area contributed by atoms with Crippen molar-refractivity contribution < 1.29 is 0 Å². The van der Waals surface area contributed by atoms with Gasteiger partial charge in [-0.05, 0) is 178 Å². The summed E-state index contributed by atoms with van der Waals surface area (Å²) in [5.74, 6) is 0. The zero-order valence-corrected chi connectivity index (χ0v) is 89.3. The molecule has 0 spiro atoms. The molecule has 0 bridgehead atoms. The number of rotatable bonds is 12. The minimum atomic E-state index is 1.25. The van der Waals surface area contributed by atoms with Gasteiger partial charge in [0, 0.05) is 0 Å². The molecule has 0 amide bonds. The molecule has 704 valence electrons. The van der Waals surface area contributed by atoms with Gasteiger partial charge >= 0.3 is 0 Å². The predicted octanol–water partition coefficient (Wildman–Crippen LogP) is 44.4. The maximum Gasteiger partial charge on any atom is -0.0103 e. The fraction of sp³-hybridized carbons (Fsp3) is 0.273. The molecule has 0 aliphatic heterocycles. The molecule has 16 rings (SSSR count). The molecular weight excluding hydrogens is 1590 g/mol. The molecule has 16 aromatic rings. The monoisotopic (exact) mass is 1760 g/mol. The van der Waals surface area contributed by atoms with Gasteiger partial charge in [0.1, 0.15) is 0 Å². The Balaban J connectivity index is -0.000000749. The molecule has 0 aliphatic carbocycles. The first-order valence-electron chi connectivity index (χ1n) is 50.5. The molecular formula is C132H176. The summed E-state index contributed by atoms with van der Waals surface area (Å²) in [4.78, 5) is 0. The molecule has 0 atom stereocenters. The lowest BCUT2D eigenvalue weighted by Gasteiger charge is -2.13. The van der Waals surface area contributed by atoms with Gasteiger partial charge < -0.3 is 0 Å². The van der Waals surface area contributed by atoms with Crippen LogP contribution in [0.5, 0.6) is 0 Å². The number of aryl methyl sites for hydroxylation is 4. The van der Waals surface area contributed by atoms with Crippen molar-refractivity contribution in [3.63, 3.8) is 0 Å². The predicted molar refractivity (Wildman–Crippen MR) is 612 cm³/mol. The van der Waals surface area contributed by atoms with Gasteiger partial charge in [-0.1, -0.05) is 639 Å². The Morgan fingerprint density at radius 3 is 0.523 bits per heavy atom. The Morgan fingerprint density at radius 2 is 0.258 bits per heavy atom. The summed E-state index contributed by atoms with van der Waals surface area (Å²) >= 11 is 0. The average Bonchev–Trinajstić information content (AvgIpc) is 0.803. The topological polar surface area (TPSA) is 0 Å². The smallest absolute Gasteiger partial charge is 0.0103 e. The fourth-order valence-electron chi connectivity index (χ4n) is 13.0. The Bertz CT molecular complexity index is 5250. The lowest BCUT2D eigenvalue weighted by Crippen LogP contribution is -1.88. The van der Waals surface area contributed by atoms with Crippen molar-refractivity contribution in [3.8, 4) is 134 Å². The lowest BCUT2D eigenvalue weighted by molar-refractivity contribution is 1.45. The molecule has 0 saturated heterocycles. The highest BCUT2D eigenvalue weighted by atomic mass is 14.2. The second-order valence-electron chi connectivity index (χ2n) is 25.4. The van der Waals surface area contributed by atoms with E-state index in [0.717, 1.165) is 0 Å². The van der Waals surface area contributed by atoms with Crippen LogP contribution in [0.15, 0.2) is 413 Å². The van der Waals surface area contributed by atoms with E-state index in [0.29, 0.717) is 0 Å². The molecule has 0 saturated carbocycles. The SMILES string of the molecule is CC.CC.CC.CC.CC.CC.CC.CC.CC.CC.CC.CC.CC.CC.CC.CC.Cc1ccc(-c2ccccc2-c2ccc(-c3ccccc3)cc2)cc1.Cc1cccc(-c2ccccc2-c2ccc(-c3ccccc3)cc2)c1.Cc1ccccc1-c1cccc(-c2ccc(-c3ccccc3)cc2)c1.Cc1ccccc1-c1ccccc1-c1ccc(-c2ccccc2)cc1. The average molecular weight is 1760 g/mol. The Morgan fingerprint density at radius 1 is 0.0909 bits per heavy atom. The van der Waals surface area contributed by atoms with Crippen LogP contribution in [0.2, 0.25) is 0 Å². The van der Waals surface area contributed by atoms with E-state index < -0.39 is 0 Å². The Labute approximate surface area is 812 Å².